The Hall–Kier alpha value is -3.86. The summed E-state index contributed by atoms with van der Waals surface area (Å²) >= 11 is 0. The first-order valence-corrected chi connectivity index (χ1v) is 13.9. The van der Waals surface area contributed by atoms with E-state index in [1.165, 1.54) is 12.1 Å². The molecule has 2 aromatic rings. The van der Waals surface area contributed by atoms with Gasteiger partial charge in [-0.15, -0.1) is 0 Å². The summed E-state index contributed by atoms with van der Waals surface area (Å²) in [5, 5.41) is 3.26. The summed E-state index contributed by atoms with van der Waals surface area (Å²) in [4.78, 5) is 12.1. The first kappa shape index (κ1) is 31.4. The molecule has 0 amide bonds. The molecule has 0 aliphatic carbocycles. The molecule has 0 bridgehead atoms. The maximum Gasteiger partial charge on any atom is 0.306 e. The van der Waals surface area contributed by atoms with Gasteiger partial charge in [-0.1, -0.05) is 85.9 Å². The molecule has 0 aromatic heterocycles. The van der Waals surface area contributed by atoms with Crippen LogP contribution in [0.4, 0.5) is 15.8 Å². The van der Waals surface area contributed by atoms with Gasteiger partial charge in [-0.25, -0.2) is 4.39 Å². The number of benzene rings is 2. The minimum atomic E-state index is -0.254. The minimum Gasteiger partial charge on any atom is -0.461 e. The van der Waals surface area contributed by atoms with E-state index >= 15 is 0 Å². The normalized spacial score (nSPS) is 12.1. The predicted octanol–water partition coefficient (Wildman–Crippen LogP) is 8.98. The van der Waals surface area contributed by atoms with Crippen LogP contribution in [0.15, 0.2) is 103 Å². The Morgan fingerprint density at radius 3 is 2.03 bits per heavy atom. The smallest absolute Gasteiger partial charge is 0.306 e. The molecule has 4 nitrogen and oxygen atoms in total. The third-order valence-corrected chi connectivity index (χ3v) is 5.85. The molecule has 0 saturated heterocycles. The third kappa shape index (κ3) is 15.2. The van der Waals surface area contributed by atoms with Crippen molar-refractivity contribution in [2.75, 3.05) is 11.1 Å². The van der Waals surface area contributed by atoms with Crippen LogP contribution in [0.2, 0.25) is 0 Å². The minimum absolute atomic E-state index is 0.157. The summed E-state index contributed by atoms with van der Waals surface area (Å²) in [5.74, 6) is -0.476. The number of ether oxygens (including phenoxy) is 1. The monoisotopic (exact) mass is 530 g/mol. The Labute approximate surface area is 233 Å². The van der Waals surface area contributed by atoms with Gasteiger partial charge in [-0.05, 0) is 74.8 Å². The molecule has 5 heteroatoms. The Morgan fingerprint density at radius 1 is 0.846 bits per heavy atom. The van der Waals surface area contributed by atoms with Gasteiger partial charge in [-0.3, -0.25) is 4.79 Å². The number of rotatable bonds is 18. The van der Waals surface area contributed by atoms with E-state index in [0.717, 1.165) is 61.8 Å². The average molecular weight is 531 g/mol. The average Bonchev–Trinajstić information content (AvgIpc) is 2.94. The van der Waals surface area contributed by atoms with Crippen LogP contribution in [0.3, 0.4) is 0 Å². The van der Waals surface area contributed by atoms with Gasteiger partial charge in [0.05, 0.1) is 0 Å². The SMILES string of the molecule is CC/C=C\C/C=C\C/C=C\C/C=C\C/C=C\CCCC(=O)OCc1ccc(NCc2ccc(F)cc2)cc1N. The van der Waals surface area contributed by atoms with Crippen LogP contribution in [0.5, 0.6) is 0 Å². The number of hydrogen-bond acceptors (Lipinski definition) is 4. The van der Waals surface area contributed by atoms with E-state index in [1.807, 2.05) is 18.2 Å². The molecule has 2 aromatic carbocycles. The largest absolute Gasteiger partial charge is 0.461 e. The van der Waals surface area contributed by atoms with Crippen LogP contribution >= 0.6 is 0 Å². The lowest BCUT2D eigenvalue weighted by Crippen LogP contribution is -2.06. The van der Waals surface area contributed by atoms with Crippen LogP contribution in [-0.2, 0) is 22.7 Å². The van der Waals surface area contributed by atoms with Crippen molar-refractivity contribution >= 4 is 17.3 Å². The lowest BCUT2D eigenvalue weighted by atomic mass is 10.1. The number of hydrogen-bond donors (Lipinski definition) is 2. The van der Waals surface area contributed by atoms with Gasteiger partial charge in [0.15, 0.2) is 0 Å². The van der Waals surface area contributed by atoms with Crippen LogP contribution in [-0.4, -0.2) is 5.97 Å². The van der Waals surface area contributed by atoms with E-state index in [2.05, 4.69) is 73.0 Å². The first-order chi connectivity index (χ1) is 19.1. The fourth-order valence-electron chi connectivity index (χ4n) is 3.61. The molecule has 39 heavy (non-hydrogen) atoms. The zero-order chi connectivity index (χ0) is 28.0. The van der Waals surface area contributed by atoms with Gasteiger partial charge in [0.2, 0.25) is 0 Å². The maximum absolute atomic E-state index is 13.0. The molecule has 0 aliphatic rings. The summed E-state index contributed by atoms with van der Waals surface area (Å²) in [6, 6.07) is 11.9. The molecular formula is C34H43FN2O2. The fraction of sp³-hybridized carbons (Fsp3) is 0.324. The number of halogens is 1. The molecule has 208 valence electrons. The number of carbonyl (C=O) groups is 1. The Balaban J connectivity index is 1.53. The van der Waals surface area contributed by atoms with Crippen molar-refractivity contribution in [3.63, 3.8) is 0 Å². The zero-order valence-corrected chi connectivity index (χ0v) is 23.2. The van der Waals surface area contributed by atoms with Crippen LogP contribution in [0.25, 0.3) is 0 Å². The number of allylic oxidation sites excluding steroid dienone is 10. The quantitative estimate of drug-likeness (QED) is 0.0873. The number of carbonyl (C=O) groups excluding carboxylic acids is 1. The molecule has 0 atom stereocenters. The predicted molar refractivity (Wildman–Crippen MR) is 163 cm³/mol. The number of nitrogens with one attached hydrogen (secondary N) is 1. The van der Waals surface area contributed by atoms with E-state index in [1.54, 1.807) is 12.1 Å². The summed E-state index contributed by atoms with van der Waals surface area (Å²) in [6.45, 7) is 2.86. The lowest BCUT2D eigenvalue weighted by molar-refractivity contribution is -0.145. The Morgan fingerprint density at radius 2 is 1.44 bits per heavy atom. The van der Waals surface area contributed by atoms with E-state index in [0.29, 0.717) is 18.7 Å². The first-order valence-electron chi connectivity index (χ1n) is 13.9. The standard InChI is InChI=1S/C34H43FN2O2/c1-2-3-4-5-6-7-8-9-10-11-12-13-14-15-16-17-18-19-34(38)39-28-30-22-25-32(26-33(30)36)37-27-29-20-23-31(35)24-21-29/h3-4,6-7,9-10,12-13,15-16,20-26,37H,2,5,8,11,14,17-19,27-28,36H2,1H3/b4-3-,7-6-,10-9-,13-12-,16-15-. The molecule has 0 saturated carbocycles. The van der Waals surface area contributed by atoms with Crippen molar-refractivity contribution in [2.24, 2.45) is 0 Å². The van der Waals surface area contributed by atoms with Crippen molar-refractivity contribution in [1.29, 1.82) is 0 Å². The highest BCUT2D eigenvalue weighted by molar-refractivity contribution is 5.69. The van der Waals surface area contributed by atoms with Gasteiger partial charge in [0.25, 0.3) is 0 Å². The van der Waals surface area contributed by atoms with Gasteiger partial charge >= 0.3 is 5.97 Å². The molecule has 0 fully saturated rings. The molecule has 0 radical (unpaired) electrons. The summed E-state index contributed by atoms with van der Waals surface area (Å²) in [7, 11) is 0. The van der Waals surface area contributed by atoms with E-state index in [9.17, 15) is 9.18 Å². The fourth-order valence-corrected chi connectivity index (χ4v) is 3.61. The highest BCUT2D eigenvalue weighted by Gasteiger charge is 2.06. The van der Waals surface area contributed by atoms with Crippen LogP contribution in [0.1, 0.15) is 69.4 Å². The topological polar surface area (TPSA) is 64.3 Å². The van der Waals surface area contributed by atoms with E-state index in [-0.39, 0.29) is 18.4 Å². The Kier molecular flexibility index (Phi) is 16.2. The summed E-state index contributed by atoms with van der Waals surface area (Å²) < 4.78 is 18.4. The second-order valence-corrected chi connectivity index (χ2v) is 9.15. The number of unbranched alkanes of at least 4 members (excludes halogenated alkanes) is 1. The highest BCUT2D eigenvalue weighted by atomic mass is 19.1. The Bertz CT molecular complexity index is 1110. The van der Waals surface area contributed by atoms with Crippen molar-refractivity contribution in [2.45, 2.75) is 71.4 Å². The number of anilines is 2. The number of esters is 1. The van der Waals surface area contributed by atoms with E-state index in [4.69, 9.17) is 10.5 Å². The van der Waals surface area contributed by atoms with Crippen LogP contribution < -0.4 is 11.1 Å². The van der Waals surface area contributed by atoms with E-state index < -0.39 is 0 Å². The second-order valence-electron chi connectivity index (χ2n) is 9.15. The third-order valence-electron chi connectivity index (χ3n) is 5.85. The summed E-state index contributed by atoms with van der Waals surface area (Å²) in [5.41, 5.74) is 9.29. The van der Waals surface area contributed by atoms with Crippen molar-refractivity contribution in [3.8, 4) is 0 Å². The molecule has 2 rings (SSSR count). The van der Waals surface area contributed by atoms with Gasteiger partial charge in [0.1, 0.15) is 12.4 Å². The molecule has 0 spiro atoms. The molecular weight excluding hydrogens is 487 g/mol. The van der Waals surface area contributed by atoms with Gasteiger partial charge < -0.3 is 15.8 Å². The van der Waals surface area contributed by atoms with Crippen molar-refractivity contribution < 1.29 is 13.9 Å². The second kappa shape index (κ2) is 20.1. The van der Waals surface area contributed by atoms with Gasteiger partial charge in [0, 0.05) is 29.9 Å². The number of nitrogens with two attached hydrogens (primary N) is 1. The zero-order valence-electron chi connectivity index (χ0n) is 23.2. The van der Waals surface area contributed by atoms with Crippen LogP contribution in [0, 0.1) is 5.82 Å². The number of nitrogen functional groups attached to an aromatic ring is 1. The maximum atomic E-state index is 13.0. The van der Waals surface area contributed by atoms with Crippen molar-refractivity contribution in [1.82, 2.24) is 0 Å². The highest BCUT2D eigenvalue weighted by Crippen LogP contribution is 2.20. The molecule has 3 N–H and O–H groups in total. The lowest BCUT2D eigenvalue weighted by Gasteiger charge is -2.11. The summed E-state index contributed by atoms with van der Waals surface area (Å²) in [6.07, 6.45) is 28.7. The molecule has 0 heterocycles. The van der Waals surface area contributed by atoms with Gasteiger partial charge in [-0.2, -0.15) is 0 Å². The molecule has 0 unspecified atom stereocenters. The van der Waals surface area contributed by atoms with Crippen molar-refractivity contribution in [3.05, 3.63) is 120 Å². The molecule has 0 aliphatic heterocycles.